The number of nitrogen functional groups attached to an aromatic ring is 1. The summed E-state index contributed by atoms with van der Waals surface area (Å²) in [6.45, 7) is 2.76. The molecule has 3 heterocycles. The summed E-state index contributed by atoms with van der Waals surface area (Å²) >= 11 is 0. The first kappa shape index (κ1) is 19.4. The van der Waals surface area contributed by atoms with Crippen molar-refractivity contribution in [1.82, 2.24) is 14.5 Å². The zero-order chi connectivity index (χ0) is 20.1. The fourth-order valence-corrected chi connectivity index (χ4v) is 3.00. The summed E-state index contributed by atoms with van der Waals surface area (Å²) < 4.78 is 11.9. The van der Waals surface area contributed by atoms with Crippen molar-refractivity contribution in [2.45, 2.75) is 33.0 Å². The van der Waals surface area contributed by atoms with Gasteiger partial charge in [-0.2, -0.15) is 0 Å². The number of nitrogens with zero attached hydrogens (tertiary/aromatic N) is 2. The minimum absolute atomic E-state index is 0.0982. The van der Waals surface area contributed by atoms with Gasteiger partial charge in [-0.15, -0.1) is 0 Å². The molecule has 28 heavy (non-hydrogen) atoms. The van der Waals surface area contributed by atoms with E-state index in [-0.39, 0.29) is 17.9 Å². The van der Waals surface area contributed by atoms with Crippen LogP contribution in [-0.2, 0) is 19.6 Å². The van der Waals surface area contributed by atoms with Crippen molar-refractivity contribution in [1.29, 1.82) is 0 Å². The molecule has 3 N–H and O–H groups in total. The molecule has 3 rings (SSSR count). The molecule has 0 bridgehead atoms. The van der Waals surface area contributed by atoms with Gasteiger partial charge in [0, 0.05) is 6.54 Å². The average molecular weight is 386 g/mol. The van der Waals surface area contributed by atoms with Crippen molar-refractivity contribution in [3.8, 4) is 0 Å². The van der Waals surface area contributed by atoms with Crippen LogP contribution in [0.3, 0.4) is 0 Å². The van der Waals surface area contributed by atoms with E-state index in [1.807, 2.05) is 6.92 Å². The van der Waals surface area contributed by atoms with Gasteiger partial charge in [-0.25, -0.2) is 4.79 Å². The number of anilines is 1. The number of carbonyl (C=O) groups excluding carboxylic acids is 1. The molecule has 0 fully saturated rings. The zero-order valence-electron chi connectivity index (χ0n) is 15.5. The summed E-state index contributed by atoms with van der Waals surface area (Å²) in [6.07, 6.45) is 3.73. The molecule has 0 aliphatic heterocycles. The molecule has 9 heteroatoms. The number of aromatic nitrogens is 2. The SMILES string of the molecule is CCCn1c(N)c(C(=O)CN(Cc2ccco2)Cc2ccco2)c(=O)[nH]c1=O. The highest BCUT2D eigenvalue weighted by molar-refractivity contribution is 6.01. The van der Waals surface area contributed by atoms with Crippen LogP contribution in [0.15, 0.2) is 55.2 Å². The van der Waals surface area contributed by atoms with Gasteiger partial charge >= 0.3 is 5.69 Å². The van der Waals surface area contributed by atoms with E-state index in [0.717, 1.165) is 0 Å². The Morgan fingerprint density at radius 1 is 1.14 bits per heavy atom. The van der Waals surface area contributed by atoms with Gasteiger partial charge in [-0.1, -0.05) is 6.92 Å². The van der Waals surface area contributed by atoms with Gasteiger partial charge in [0.1, 0.15) is 22.9 Å². The quantitative estimate of drug-likeness (QED) is 0.535. The second-order valence-corrected chi connectivity index (χ2v) is 6.40. The van der Waals surface area contributed by atoms with Gasteiger partial charge in [0.05, 0.1) is 32.2 Å². The van der Waals surface area contributed by atoms with Gasteiger partial charge in [-0.3, -0.25) is 24.0 Å². The summed E-state index contributed by atoms with van der Waals surface area (Å²) in [7, 11) is 0. The number of hydrogen-bond acceptors (Lipinski definition) is 7. The normalized spacial score (nSPS) is 11.2. The summed E-state index contributed by atoms with van der Waals surface area (Å²) in [5, 5.41) is 0. The highest BCUT2D eigenvalue weighted by atomic mass is 16.3. The van der Waals surface area contributed by atoms with E-state index in [1.165, 1.54) is 4.57 Å². The second-order valence-electron chi connectivity index (χ2n) is 6.40. The van der Waals surface area contributed by atoms with Crippen LogP contribution < -0.4 is 17.0 Å². The van der Waals surface area contributed by atoms with Crippen LogP contribution in [0.1, 0.15) is 35.2 Å². The lowest BCUT2D eigenvalue weighted by molar-refractivity contribution is 0.0907. The van der Waals surface area contributed by atoms with Crippen molar-refractivity contribution in [3.63, 3.8) is 0 Å². The molecule has 0 atom stereocenters. The molecule has 0 aromatic carbocycles. The van der Waals surface area contributed by atoms with Gasteiger partial charge < -0.3 is 14.6 Å². The molecule has 0 spiro atoms. The number of furan rings is 2. The second kappa shape index (κ2) is 8.57. The number of aromatic amines is 1. The molecule has 3 aromatic heterocycles. The van der Waals surface area contributed by atoms with E-state index < -0.39 is 17.0 Å². The Kier molecular flexibility index (Phi) is 5.95. The number of rotatable bonds is 9. The van der Waals surface area contributed by atoms with Crippen molar-refractivity contribution in [2.75, 3.05) is 12.3 Å². The molecule has 0 saturated heterocycles. The fourth-order valence-electron chi connectivity index (χ4n) is 3.00. The topological polar surface area (TPSA) is 127 Å². The van der Waals surface area contributed by atoms with Crippen LogP contribution in [0.4, 0.5) is 5.82 Å². The lowest BCUT2D eigenvalue weighted by Gasteiger charge is -2.20. The van der Waals surface area contributed by atoms with E-state index in [9.17, 15) is 14.4 Å². The Morgan fingerprint density at radius 2 is 1.75 bits per heavy atom. The summed E-state index contributed by atoms with van der Waals surface area (Å²) in [5.74, 6) is 0.729. The van der Waals surface area contributed by atoms with Crippen LogP contribution in [0.5, 0.6) is 0 Å². The molecule has 3 aromatic rings. The van der Waals surface area contributed by atoms with Gasteiger partial charge in [-0.05, 0) is 30.7 Å². The predicted octanol–water partition coefficient (Wildman–Crippen LogP) is 1.60. The van der Waals surface area contributed by atoms with Crippen molar-refractivity contribution in [3.05, 3.63) is 74.7 Å². The maximum atomic E-state index is 12.9. The Hall–Kier alpha value is -3.33. The highest BCUT2D eigenvalue weighted by Gasteiger charge is 2.22. The van der Waals surface area contributed by atoms with Crippen molar-refractivity contribution in [2.24, 2.45) is 0 Å². The summed E-state index contributed by atoms with van der Waals surface area (Å²) in [4.78, 5) is 41.0. The lowest BCUT2D eigenvalue weighted by atomic mass is 10.1. The van der Waals surface area contributed by atoms with Crippen molar-refractivity contribution >= 4 is 11.6 Å². The Bertz CT molecular complexity index is 995. The van der Waals surface area contributed by atoms with E-state index in [2.05, 4.69) is 4.98 Å². The van der Waals surface area contributed by atoms with E-state index in [1.54, 1.807) is 41.7 Å². The Morgan fingerprint density at radius 3 is 2.25 bits per heavy atom. The molecular formula is C19H22N4O5. The highest BCUT2D eigenvalue weighted by Crippen LogP contribution is 2.13. The molecule has 0 unspecified atom stereocenters. The maximum absolute atomic E-state index is 12.9. The largest absolute Gasteiger partial charge is 0.468 e. The number of Topliss-reactive ketones (excluding diaryl/α,β-unsaturated/α-hetero) is 1. The first-order valence-electron chi connectivity index (χ1n) is 8.92. The van der Waals surface area contributed by atoms with E-state index in [0.29, 0.717) is 37.6 Å². The Labute approximate surface area is 160 Å². The third kappa shape index (κ3) is 4.32. The number of nitrogens with one attached hydrogen (secondary N) is 1. The number of hydrogen-bond donors (Lipinski definition) is 2. The molecule has 0 radical (unpaired) electrons. The van der Waals surface area contributed by atoms with Crippen LogP contribution >= 0.6 is 0 Å². The average Bonchev–Trinajstić information content (AvgIpc) is 3.32. The first-order valence-corrected chi connectivity index (χ1v) is 8.92. The third-order valence-corrected chi connectivity index (χ3v) is 4.25. The zero-order valence-corrected chi connectivity index (χ0v) is 15.5. The standard InChI is InChI=1S/C19H22N4O5/c1-2-7-23-17(20)16(18(25)21-19(23)26)15(24)12-22(10-13-5-3-8-27-13)11-14-6-4-9-28-14/h3-6,8-9H,2,7,10-12,20H2,1H3,(H,21,25,26). The number of H-pyrrole nitrogens is 1. The van der Waals surface area contributed by atoms with E-state index in [4.69, 9.17) is 14.6 Å². The molecule has 0 aliphatic rings. The minimum Gasteiger partial charge on any atom is -0.468 e. The summed E-state index contributed by atoms with van der Waals surface area (Å²) in [5.41, 5.74) is 4.37. The monoisotopic (exact) mass is 386 g/mol. The smallest absolute Gasteiger partial charge is 0.329 e. The molecule has 0 amide bonds. The van der Waals surface area contributed by atoms with Crippen molar-refractivity contribution < 1.29 is 13.6 Å². The van der Waals surface area contributed by atoms with Gasteiger partial charge in [0.15, 0.2) is 5.78 Å². The lowest BCUT2D eigenvalue weighted by Crippen LogP contribution is -2.39. The molecule has 0 saturated carbocycles. The fraction of sp³-hybridized carbons (Fsp3) is 0.316. The van der Waals surface area contributed by atoms with Crippen LogP contribution in [0, 0.1) is 0 Å². The molecule has 9 nitrogen and oxygen atoms in total. The number of ketones is 1. The summed E-state index contributed by atoms with van der Waals surface area (Å²) in [6, 6.07) is 7.10. The number of carbonyl (C=O) groups is 1. The van der Waals surface area contributed by atoms with Gasteiger partial charge in [0.25, 0.3) is 5.56 Å². The van der Waals surface area contributed by atoms with Crippen LogP contribution in [0.25, 0.3) is 0 Å². The first-order chi connectivity index (χ1) is 13.5. The third-order valence-electron chi connectivity index (χ3n) is 4.25. The van der Waals surface area contributed by atoms with Crippen LogP contribution in [-0.4, -0.2) is 26.8 Å². The molecule has 0 aliphatic carbocycles. The van der Waals surface area contributed by atoms with Gasteiger partial charge in [0.2, 0.25) is 0 Å². The molecular weight excluding hydrogens is 364 g/mol. The van der Waals surface area contributed by atoms with Crippen LogP contribution in [0.2, 0.25) is 0 Å². The molecule has 148 valence electrons. The Balaban J connectivity index is 1.88. The predicted molar refractivity (Wildman–Crippen MR) is 102 cm³/mol. The maximum Gasteiger partial charge on any atom is 0.329 e. The number of nitrogens with two attached hydrogens (primary N) is 1. The minimum atomic E-state index is -0.782. The van der Waals surface area contributed by atoms with E-state index >= 15 is 0 Å².